The van der Waals surface area contributed by atoms with Gasteiger partial charge in [0.25, 0.3) is 0 Å². The van der Waals surface area contributed by atoms with Crippen molar-refractivity contribution in [2.45, 2.75) is 18.9 Å². The van der Waals surface area contributed by atoms with Crippen molar-refractivity contribution >= 4 is 11.3 Å². The maximum Gasteiger partial charge on any atom is 0.194 e. The van der Waals surface area contributed by atoms with E-state index >= 15 is 0 Å². The lowest BCUT2D eigenvalue weighted by Gasteiger charge is -2.16. The van der Waals surface area contributed by atoms with Crippen molar-refractivity contribution in [3.8, 4) is 0 Å². The molecule has 1 aromatic heterocycles. The van der Waals surface area contributed by atoms with Crippen molar-refractivity contribution in [2.24, 2.45) is 0 Å². The van der Waals surface area contributed by atoms with Gasteiger partial charge in [0.15, 0.2) is 17.5 Å². The Kier molecular flexibility index (Phi) is 4.61. The highest BCUT2D eigenvalue weighted by Crippen LogP contribution is 2.24. The maximum atomic E-state index is 13.2. The molecule has 1 atom stereocenters. The molecule has 0 radical (unpaired) electrons. The fourth-order valence-corrected chi connectivity index (χ4v) is 2.72. The van der Waals surface area contributed by atoms with Crippen LogP contribution in [0, 0.1) is 17.5 Å². The van der Waals surface area contributed by atoms with Gasteiger partial charge in [0.2, 0.25) is 0 Å². The Bertz CT molecular complexity index is 517. The number of nitrogens with one attached hydrogen (secondary N) is 1. The van der Waals surface area contributed by atoms with Crippen molar-refractivity contribution < 1.29 is 13.2 Å². The topological polar surface area (TPSA) is 12.0 Å². The smallest absolute Gasteiger partial charge is 0.194 e. The van der Waals surface area contributed by atoms with Crippen LogP contribution in [0.15, 0.2) is 29.6 Å². The van der Waals surface area contributed by atoms with Gasteiger partial charge in [-0.1, -0.05) is 6.07 Å². The van der Waals surface area contributed by atoms with Crippen LogP contribution in [0.1, 0.15) is 22.9 Å². The first-order chi connectivity index (χ1) is 9.11. The van der Waals surface area contributed by atoms with Gasteiger partial charge in [0.05, 0.1) is 0 Å². The molecule has 1 unspecified atom stereocenters. The van der Waals surface area contributed by atoms with E-state index in [1.165, 1.54) is 4.88 Å². The molecule has 0 saturated carbocycles. The van der Waals surface area contributed by atoms with Gasteiger partial charge in [0.1, 0.15) is 0 Å². The minimum atomic E-state index is -1.42. The summed E-state index contributed by atoms with van der Waals surface area (Å²) >= 11 is 1.64. The third-order valence-electron chi connectivity index (χ3n) is 3.02. The number of halogens is 3. The van der Waals surface area contributed by atoms with Crippen LogP contribution >= 0.6 is 11.3 Å². The highest BCUT2D eigenvalue weighted by atomic mass is 32.1. The Labute approximate surface area is 114 Å². The minimum Gasteiger partial charge on any atom is -0.313 e. The molecule has 1 aromatic carbocycles. The van der Waals surface area contributed by atoms with E-state index in [1.54, 1.807) is 18.4 Å². The predicted octanol–water partition coefficient (Wildman–Crippen LogP) is 4.06. The average molecular weight is 285 g/mol. The van der Waals surface area contributed by atoms with Crippen LogP contribution in [-0.2, 0) is 6.42 Å². The fourth-order valence-electron chi connectivity index (χ4n) is 2.00. The number of hydrogen-bond donors (Lipinski definition) is 1. The summed E-state index contributed by atoms with van der Waals surface area (Å²) in [7, 11) is 1.72. The molecule has 0 amide bonds. The molecule has 0 aliphatic heterocycles. The van der Waals surface area contributed by atoms with E-state index in [1.807, 2.05) is 17.5 Å². The summed E-state index contributed by atoms with van der Waals surface area (Å²) in [5.41, 5.74) is 0.426. The lowest BCUT2D eigenvalue weighted by Crippen LogP contribution is -2.17. The second-order valence-electron chi connectivity index (χ2n) is 4.26. The summed E-state index contributed by atoms with van der Waals surface area (Å²) in [4.78, 5) is 1.21. The summed E-state index contributed by atoms with van der Waals surface area (Å²) in [6.07, 6.45) is 1.51. The van der Waals surface area contributed by atoms with Crippen molar-refractivity contribution in [1.82, 2.24) is 5.32 Å². The van der Waals surface area contributed by atoms with Gasteiger partial charge in [0, 0.05) is 10.9 Å². The molecule has 0 bridgehead atoms. The van der Waals surface area contributed by atoms with E-state index in [2.05, 4.69) is 5.32 Å². The van der Waals surface area contributed by atoms with Crippen LogP contribution < -0.4 is 5.32 Å². The van der Waals surface area contributed by atoms with E-state index in [9.17, 15) is 13.2 Å². The molecular weight excluding hydrogens is 271 g/mol. The second kappa shape index (κ2) is 6.21. The van der Waals surface area contributed by atoms with E-state index in [4.69, 9.17) is 0 Å². The first-order valence-corrected chi connectivity index (χ1v) is 6.84. The molecule has 0 aliphatic carbocycles. The molecule has 102 valence electrons. The van der Waals surface area contributed by atoms with Gasteiger partial charge < -0.3 is 5.32 Å². The molecule has 2 aromatic rings. The monoisotopic (exact) mass is 285 g/mol. The van der Waals surface area contributed by atoms with Crippen LogP contribution in [0.2, 0.25) is 0 Å². The van der Waals surface area contributed by atoms with E-state index < -0.39 is 17.5 Å². The second-order valence-corrected chi connectivity index (χ2v) is 5.29. The summed E-state index contributed by atoms with van der Waals surface area (Å²) < 4.78 is 39.3. The van der Waals surface area contributed by atoms with Crippen LogP contribution in [-0.4, -0.2) is 7.05 Å². The maximum absolute atomic E-state index is 13.2. The van der Waals surface area contributed by atoms with Gasteiger partial charge in [-0.25, -0.2) is 13.2 Å². The summed E-state index contributed by atoms with van der Waals surface area (Å²) in [6.45, 7) is 0. The van der Waals surface area contributed by atoms with Crippen molar-refractivity contribution in [2.75, 3.05) is 7.05 Å². The lowest BCUT2D eigenvalue weighted by molar-refractivity contribution is 0.439. The van der Waals surface area contributed by atoms with Crippen LogP contribution in [0.5, 0.6) is 0 Å². The van der Waals surface area contributed by atoms with Gasteiger partial charge in [-0.3, -0.25) is 0 Å². The fraction of sp³-hybridized carbons (Fsp3) is 0.286. The van der Waals surface area contributed by atoms with Crippen molar-refractivity contribution in [3.63, 3.8) is 0 Å². The molecule has 1 nitrogen and oxygen atoms in total. The summed E-state index contributed by atoms with van der Waals surface area (Å²) in [5, 5.41) is 4.99. The number of hydrogen-bond acceptors (Lipinski definition) is 2. The molecule has 0 fully saturated rings. The SMILES string of the molecule is CNC(CCc1cccs1)c1cc(F)c(F)c(F)c1. The third-order valence-corrected chi connectivity index (χ3v) is 3.95. The zero-order valence-electron chi connectivity index (χ0n) is 10.4. The molecule has 1 heterocycles. The normalized spacial score (nSPS) is 12.6. The van der Waals surface area contributed by atoms with Crippen LogP contribution in [0.3, 0.4) is 0 Å². The number of rotatable bonds is 5. The highest BCUT2D eigenvalue weighted by molar-refractivity contribution is 7.09. The first-order valence-electron chi connectivity index (χ1n) is 5.96. The molecule has 19 heavy (non-hydrogen) atoms. The number of aryl methyl sites for hydroxylation is 1. The molecule has 5 heteroatoms. The van der Waals surface area contributed by atoms with Crippen molar-refractivity contribution in [1.29, 1.82) is 0 Å². The van der Waals surface area contributed by atoms with Gasteiger partial charge >= 0.3 is 0 Å². The molecule has 0 spiro atoms. The number of thiophene rings is 1. The van der Waals surface area contributed by atoms with E-state index in [0.717, 1.165) is 18.6 Å². The zero-order chi connectivity index (χ0) is 13.8. The van der Waals surface area contributed by atoms with Crippen molar-refractivity contribution in [3.05, 3.63) is 57.5 Å². The highest BCUT2D eigenvalue weighted by Gasteiger charge is 2.16. The third kappa shape index (κ3) is 3.36. The first kappa shape index (κ1) is 14.1. The minimum absolute atomic E-state index is 0.202. The predicted molar refractivity (Wildman–Crippen MR) is 70.8 cm³/mol. The van der Waals surface area contributed by atoms with E-state index in [-0.39, 0.29) is 6.04 Å². The Morgan fingerprint density at radius 1 is 1.21 bits per heavy atom. The summed E-state index contributed by atoms with van der Waals surface area (Å²) in [5.74, 6) is -3.71. The number of benzene rings is 1. The van der Waals surface area contributed by atoms with Gasteiger partial charge in [-0.05, 0) is 49.0 Å². The summed E-state index contributed by atoms with van der Waals surface area (Å²) in [6, 6.07) is 5.88. The molecule has 0 aliphatic rings. The van der Waals surface area contributed by atoms with E-state index in [0.29, 0.717) is 12.0 Å². The van der Waals surface area contributed by atoms with Gasteiger partial charge in [-0.2, -0.15) is 0 Å². The zero-order valence-corrected chi connectivity index (χ0v) is 11.2. The van der Waals surface area contributed by atoms with Crippen LogP contribution in [0.25, 0.3) is 0 Å². The van der Waals surface area contributed by atoms with Crippen LogP contribution in [0.4, 0.5) is 13.2 Å². The standard InChI is InChI=1S/C14H14F3NS/c1-18-13(5-4-10-3-2-6-19-10)9-7-11(15)14(17)12(16)8-9/h2-3,6-8,13,18H,4-5H2,1H3. The molecular formula is C14H14F3NS. The lowest BCUT2D eigenvalue weighted by atomic mass is 10.0. The Balaban J connectivity index is 2.13. The molecule has 0 saturated heterocycles. The molecule has 1 N–H and O–H groups in total. The Hall–Kier alpha value is -1.33. The Morgan fingerprint density at radius 3 is 2.42 bits per heavy atom. The average Bonchev–Trinajstić information content (AvgIpc) is 2.89. The van der Waals surface area contributed by atoms with Gasteiger partial charge in [-0.15, -0.1) is 11.3 Å². The quantitative estimate of drug-likeness (QED) is 0.817. The largest absolute Gasteiger partial charge is 0.313 e. The Morgan fingerprint density at radius 2 is 1.89 bits per heavy atom. The molecule has 2 rings (SSSR count).